The zero-order valence-electron chi connectivity index (χ0n) is 23.7. The minimum Gasteiger partial charge on any atom is -0.351 e. The average Bonchev–Trinajstić information content (AvgIpc) is 3.43. The second-order valence-electron chi connectivity index (χ2n) is 11.8. The predicted octanol–water partition coefficient (Wildman–Crippen LogP) is 6.97. The van der Waals surface area contributed by atoms with Crippen LogP contribution in [0, 0.1) is 17.7 Å². The van der Waals surface area contributed by atoms with Crippen molar-refractivity contribution < 1.29 is 14.0 Å². The SMILES string of the molecule is O=C(NCCN1CCC(Cc2ccccc2)CC1)c1ccc2c(c1)N(Cc1cc(F)ccc1Cl)C(=O)C1CCCC1S2. The number of likely N-dealkylation sites (tertiary alicyclic amines) is 1. The number of nitrogens with zero attached hydrogens (tertiary/aromatic N) is 2. The molecule has 2 fully saturated rings. The second kappa shape index (κ2) is 13.2. The quantitative estimate of drug-likeness (QED) is 0.301. The van der Waals surface area contributed by atoms with E-state index in [2.05, 4.69) is 40.5 Å². The van der Waals surface area contributed by atoms with Gasteiger partial charge in [-0.25, -0.2) is 4.39 Å². The number of nitrogens with one attached hydrogen (secondary N) is 1. The van der Waals surface area contributed by atoms with Gasteiger partial charge in [0.1, 0.15) is 5.82 Å². The van der Waals surface area contributed by atoms with Crippen LogP contribution < -0.4 is 10.2 Å². The van der Waals surface area contributed by atoms with Gasteiger partial charge >= 0.3 is 0 Å². The highest BCUT2D eigenvalue weighted by atomic mass is 35.5. The summed E-state index contributed by atoms with van der Waals surface area (Å²) >= 11 is 8.14. The van der Waals surface area contributed by atoms with Gasteiger partial charge < -0.3 is 15.1 Å². The first-order valence-corrected chi connectivity index (χ1v) is 16.3. The first-order chi connectivity index (χ1) is 20.4. The third-order valence-corrected chi connectivity index (χ3v) is 10.8. The predicted molar refractivity (Wildman–Crippen MR) is 168 cm³/mol. The highest BCUT2D eigenvalue weighted by Gasteiger charge is 2.40. The number of carbonyl (C=O) groups is 2. The smallest absolute Gasteiger partial charge is 0.251 e. The number of halogens is 2. The summed E-state index contributed by atoms with van der Waals surface area (Å²) in [6.07, 6.45) is 6.33. The van der Waals surface area contributed by atoms with Gasteiger partial charge in [0.25, 0.3) is 5.91 Å². The Balaban J connectivity index is 1.10. The fraction of sp³-hybridized carbons (Fsp3) is 0.412. The van der Waals surface area contributed by atoms with Gasteiger partial charge in [-0.2, -0.15) is 0 Å². The maximum atomic E-state index is 14.1. The number of fused-ring (bicyclic) bond motifs is 2. The number of hydrogen-bond acceptors (Lipinski definition) is 4. The molecule has 3 aliphatic rings. The number of hydrogen-bond donors (Lipinski definition) is 1. The summed E-state index contributed by atoms with van der Waals surface area (Å²) < 4.78 is 14.1. The van der Waals surface area contributed by atoms with Gasteiger partial charge in [-0.15, -0.1) is 11.8 Å². The zero-order valence-corrected chi connectivity index (χ0v) is 25.3. The van der Waals surface area contributed by atoms with E-state index in [0.717, 1.165) is 50.2 Å². The number of piperidine rings is 1. The molecule has 220 valence electrons. The van der Waals surface area contributed by atoms with Crippen molar-refractivity contribution in [3.63, 3.8) is 0 Å². The molecule has 1 aliphatic carbocycles. The zero-order chi connectivity index (χ0) is 29.1. The van der Waals surface area contributed by atoms with Crippen molar-refractivity contribution in [2.75, 3.05) is 31.1 Å². The van der Waals surface area contributed by atoms with Gasteiger partial charge in [-0.3, -0.25) is 9.59 Å². The molecule has 0 radical (unpaired) electrons. The van der Waals surface area contributed by atoms with Crippen LogP contribution in [-0.4, -0.2) is 48.1 Å². The van der Waals surface area contributed by atoms with E-state index in [4.69, 9.17) is 11.6 Å². The molecule has 2 atom stereocenters. The first kappa shape index (κ1) is 29.2. The Morgan fingerprint density at radius 1 is 1.00 bits per heavy atom. The van der Waals surface area contributed by atoms with Crippen molar-refractivity contribution in [2.24, 2.45) is 11.8 Å². The summed E-state index contributed by atoms with van der Waals surface area (Å²) in [5.41, 5.74) is 3.18. The molecule has 2 aliphatic heterocycles. The van der Waals surface area contributed by atoms with Crippen molar-refractivity contribution in [3.8, 4) is 0 Å². The lowest BCUT2D eigenvalue weighted by Crippen LogP contribution is -2.40. The van der Waals surface area contributed by atoms with Crippen LogP contribution in [0.15, 0.2) is 71.6 Å². The fourth-order valence-electron chi connectivity index (χ4n) is 6.59. The van der Waals surface area contributed by atoms with Crippen LogP contribution >= 0.6 is 23.4 Å². The Labute approximate surface area is 256 Å². The number of thioether (sulfide) groups is 1. The Hall–Kier alpha value is -2.87. The largest absolute Gasteiger partial charge is 0.351 e. The Morgan fingerprint density at radius 3 is 2.62 bits per heavy atom. The lowest BCUT2D eigenvalue weighted by molar-refractivity contribution is -0.122. The Kier molecular flexibility index (Phi) is 9.17. The molecule has 1 saturated carbocycles. The lowest BCUT2D eigenvalue weighted by Gasteiger charge is -2.32. The molecule has 1 saturated heterocycles. The van der Waals surface area contributed by atoms with E-state index >= 15 is 0 Å². The van der Waals surface area contributed by atoms with Crippen LogP contribution in [0.4, 0.5) is 10.1 Å². The van der Waals surface area contributed by atoms with Crippen molar-refractivity contribution in [1.82, 2.24) is 10.2 Å². The van der Waals surface area contributed by atoms with Crippen molar-refractivity contribution >= 4 is 40.9 Å². The maximum absolute atomic E-state index is 14.1. The Morgan fingerprint density at radius 2 is 1.81 bits per heavy atom. The molecule has 0 spiro atoms. The molecule has 2 heterocycles. The fourth-order valence-corrected chi connectivity index (χ4v) is 8.23. The number of carbonyl (C=O) groups excluding carboxylic acids is 2. The monoisotopic (exact) mass is 605 g/mol. The van der Waals surface area contributed by atoms with Gasteiger partial charge in [0, 0.05) is 33.8 Å². The highest BCUT2D eigenvalue weighted by Crippen LogP contribution is 2.47. The molecule has 6 rings (SSSR count). The van der Waals surface area contributed by atoms with Crippen molar-refractivity contribution in [2.45, 2.75) is 55.2 Å². The standard InChI is InChI=1S/C34H37ClFN3O2S/c35-29-11-10-27(36)20-26(29)22-39-30-21-25(9-12-32(30)42-31-8-4-7-28(31)34(39)41)33(40)37-15-18-38-16-13-24(14-17-38)19-23-5-2-1-3-6-23/h1-3,5-6,9-12,20-21,24,28,31H,4,7-8,13-19,22H2,(H,37,40). The van der Waals surface area contributed by atoms with Crippen molar-refractivity contribution in [1.29, 1.82) is 0 Å². The van der Waals surface area contributed by atoms with Crippen LogP contribution in [0.2, 0.25) is 5.02 Å². The third kappa shape index (κ3) is 6.69. The van der Waals surface area contributed by atoms with Crippen molar-refractivity contribution in [3.05, 3.63) is 94.3 Å². The van der Waals surface area contributed by atoms with Gasteiger partial charge in [-0.1, -0.05) is 48.4 Å². The number of rotatable bonds is 8. The summed E-state index contributed by atoms with van der Waals surface area (Å²) in [5.74, 6) is 0.102. The number of benzene rings is 3. The van der Waals surface area contributed by atoms with E-state index < -0.39 is 5.82 Å². The molecule has 2 unspecified atom stereocenters. The van der Waals surface area contributed by atoms with E-state index in [1.807, 2.05) is 18.2 Å². The minimum absolute atomic E-state index is 0.0253. The van der Waals surface area contributed by atoms with Gasteiger partial charge in [0.2, 0.25) is 5.91 Å². The van der Waals surface area contributed by atoms with Gasteiger partial charge in [0.05, 0.1) is 18.2 Å². The molecule has 0 bridgehead atoms. The summed E-state index contributed by atoms with van der Waals surface area (Å²) in [7, 11) is 0. The number of amides is 2. The van der Waals surface area contributed by atoms with E-state index in [1.165, 1.54) is 36.6 Å². The molecule has 1 N–H and O–H groups in total. The average molecular weight is 606 g/mol. The minimum atomic E-state index is -0.390. The van der Waals surface area contributed by atoms with Crippen LogP contribution in [0.5, 0.6) is 0 Å². The van der Waals surface area contributed by atoms with E-state index in [9.17, 15) is 14.0 Å². The molecule has 3 aromatic carbocycles. The Bertz CT molecular complexity index is 1430. The lowest BCUT2D eigenvalue weighted by atomic mass is 9.90. The summed E-state index contributed by atoms with van der Waals surface area (Å²) in [6, 6.07) is 20.6. The summed E-state index contributed by atoms with van der Waals surface area (Å²) in [5, 5.41) is 3.72. The van der Waals surface area contributed by atoms with Gasteiger partial charge in [0.15, 0.2) is 0 Å². The second-order valence-corrected chi connectivity index (χ2v) is 13.5. The molecule has 0 aromatic heterocycles. The van der Waals surface area contributed by atoms with Crippen LogP contribution in [0.1, 0.15) is 53.6 Å². The summed E-state index contributed by atoms with van der Waals surface area (Å²) in [4.78, 5) is 32.2. The van der Waals surface area contributed by atoms with E-state index in [1.54, 1.807) is 16.7 Å². The topological polar surface area (TPSA) is 52.7 Å². The van der Waals surface area contributed by atoms with E-state index in [0.29, 0.717) is 34.3 Å². The normalized spacial score (nSPS) is 21.1. The molecule has 42 heavy (non-hydrogen) atoms. The first-order valence-electron chi connectivity index (χ1n) is 15.0. The molecule has 5 nitrogen and oxygen atoms in total. The molecular formula is C34H37ClFN3O2S. The molecule has 2 amide bonds. The molecule has 8 heteroatoms. The number of anilines is 1. The highest BCUT2D eigenvalue weighted by molar-refractivity contribution is 8.00. The van der Waals surface area contributed by atoms with Crippen LogP contribution in [0.25, 0.3) is 0 Å². The molecule has 3 aromatic rings. The van der Waals surface area contributed by atoms with Crippen LogP contribution in [0.3, 0.4) is 0 Å². The maximum Gasteiger partial charge on any atom is 0.251 e. The van der Waals surface area contributed by atoms with Gasteiger partial charge in [-0.05, 0) is 98.6 Å². The van der Waals surface area contributed by atoms with Crippen LogP contribution in [-0.2, 0) is 17.8 Å². The van der Waals surface area contributed by atoms with E-state index in [-0.39, 0.29) is 29.5 Å². The summed E-state index contributed by atoms with van der Waals surface area (Å²) in [6.45, 7) is 3.64. The third-order valence-electron chi connectivity index (χ3n) is 8.95. The molecular weight excluding hydrogens is 569 g/mol.